The molecule has 1 N–H and O–H groups in total. The van der Waals surface area contributed by atoms with Crippen LogP contribution in [0.15, 0.2) is 51.4 Å². The summed E-state index contributed by atoms with van der Waals surface area (Å²) in [5.74, 6) is 0. The van der Waals surface area contributed by atoms with E-state index >= 15 is 0 Å². The summed E-state index contributed by atoms with van der Waals surface area (Å²) >= 11 is 12.9. The Kier molecular flexibility index (Phi) is 4.71. The molecule has 0 aliphatic rings. The van der Waals surface area contributed by atoms with Crippen LogP contribution >= 0.6 is 43.5 Å². The number of rotatable bonds is 3. The first-order chi connectivity index (χ1) is 8.56. The highest BCUT2D eigenvalue weighted by atomic mass is 79.9. The molecule has 0 saturated carbocycles. The van der Waals surface area contributed by atoms with Crippen LogP contribution in [0.1, 0.15) is 18.5 Å². The van der Waals surface area contributed by atoms with Crippen LogP contribution < -0.4 is 5.32 Å². The van der Waals surface area contributed by atoms with E-state index in [1.165, 1.54) is 5.56 Å². The molecular weight excluding hydrogens is 377 g/mol. The fourth-order valence-electron chi connectivity index (χ4n) is 1.67. The minimum absolute atomic E-state index is 0.222. The molecule has 1 unspecified atom stereocenters. The van der Waals surface area contributed by atoms with Gasteiger partial charge in [-0.2, -0.15) is 0 Å². The monoisotopic (exact) mass is 387 g/mol. The fourth-order valence-corrected chi connectivity index (χ4v) is 2.96. The number of hydrogen-bond donors (Lipinski definition) is 1. The molecule has 0 heterocycles. The van der Waals surface area contributed by atoms with E-state index in [1.807, 2.05) is 42.5 Å². The summed E-state index contributed by atoms with van der Waals surface area (Å²) in [6, 6.07) is 14.2. The topological polar surface area (TPSA) is 12.0 Å². The highest BCUT2D eigenvalue weighted by molar-refractivity contribution is 9.11. The summed E-state index contributed by atoms with van der Waals surface area (Å²) in [4.78, 5) is 0. The number of hydrogen-bond acceptors (Lipinski definition) is 1. The van der Waals surface area contributed by atoms with Gasteiger partial charge in [0.25, 0.3) is 0 Å². The highest BCUT2D eigenvalue weighted by Crippen LogP contribution is 2.29. The molecule has 0 saturated heterocycles. The van der Waals surface area contributed by atoms with Crippen LogP contribution in [0.4, 0.5) is 5.69 Å². The first-order valence-electron chi connectivity index (χ1n) is 5.53. The van der Waals surface area contributed by atoms with Gasteiger partial charge in [0, 0.05) is 25.7 Å². The zero-order valence-corrected chi connectivity index (χ0v) is 13.7. The molecule has 2 aromatic rings. The van der Waals surface area contributed by atoms with Crippen LogP contribution in [0, 0.1) is 0 Å². The number of anilines is 1. The highest BCUT2D eigenvalue weighted by Gasteiger charge is 2.07. The molecule has 0 aliphatic carbocycles. The second-order valence-electron chi connectivity index (χ2n) is 4.04. The van der Waals surface area contributed by atoms with E-state index in [-0.39, 0.29) is 6.04 Å². The third-order valence-electron chi connectivity index (χ3n) is 2.67. The Labute approximate surface area is 129 Å². The lowest BCUT2D eigenvalue weighted by Gasteiger charge is -2.17. The molecule has 0 fully saturated rings. The van der Waals surface area contributed by atoms with Crippen LogP contribution in [0.5, 0.6) is 0 Å². The van der Waals surface area contributed by atoms with Crippen molar-refractivity contribution in [1.29, 1.82) is 0 Å². The maximum atomic E-state index is 5.89. The Morgan fingerprint density at radius 2 is 1.72 bits per heavy atom. The van der Waals surface area contributed by atoms with Gasteiger partial charge in [-0.1, -0.05) is 39.7 Å². The summed E-state index contributed by atoms with van der Waals surface area (Å²) < 4.78 is 2.09. The van der Waals surface area contributed by atoms with E-state index in [1.54, 1.807) is 0 Å². The first-order valence-corrected chi connectivity index (χ1v) is 7.50. The normalized spacial score (nSPS) is 12.2. The second-order valence-corrected chi connectivity index (χ2v) is 6.25. The first kappa shape index (κ1) is 13.9. The number of nitrogens with one attached hydrogen (secondary N) is 1. The third kappa shape index (κ3) is 3.50. The lowest BCUT2D eigenvalue weighted by molar-refractivity contribution is 0.883. The Hall–Kier alpha value is -0.510. The predicted octanol–water partition coefficient (Wildman–Crippen LogP) is 6.04. The number of halogens is 3. The van der Waals surface area contributed by atoms with Gasteiger partial charge in [-0.15, -0.1) is 0 Å². The van der Waals surface area contributed by atoms with E-state index < -0.39 is 0 Å². The van der Waals surface area contributed by atoms with Crippen LogP contribution in [-0.2, 0) is 0 Å². The van der Waals surface area contributed by atoms with Gasteiger partial charge in [0.15, 0.2) is 0 Å². The molecule has 0 spiro atoms. The van der Waals surface area contributed by atoms with Crippen LogP contribution in [0.25, 0.3) is 0 Å². The van der Waals surface area contributed by atoms with E-state index in [2.05, 4.69) is 44.1 Å². The Bertz CT molecular complexity index is 540. The average molecular weight is 390 g/mol. The molecule has 0 radical (unpaired) electrons. The largest absolute Gasteiger partial charge is 0.378 e. The van der Waals surface area contributed by atoms with Gasteiger partial charge in [-0.05, 0) is 58.7 Å². The van der Waals surface area contributed by atoms with E-state index in [9.17, 15) is 0 Å². The molecule has 0 bridgehead atoms. The summed E-state index contributed by atoms with van der Waals surface area (Å²) in [6.45, 7) is 2.12. The van der Waals surface area contributed by atoms with Gasteiger partial charge in [0.1, 0.15) is 0 Å². The minimum Gasteiger partial charge on any atom is -0.378 e. The van der Waals surface area contributed by atoms with E-state index in [4.69, 9.17) is 11.6 Å². The standard InChI is InChI=1S/C14H12Br2ClN/c1-9(10-2-5-12(17)6-3-10)18-14-7-4-11(15)8-13(14)16/h2-9,18H,1H3. The van der Waals surface area contributed by atoms with Crippen molar-refractivity contribution in [3.05, 3.63) is 62.0 Å². The van der Waals surface area contributed by atoms with E-state index in [0.717, 1.165) is 19.7 Å². The summed E-state index contributed by atoms with van der Waals surface area (Å²) in [7, 11) is 0. The van der Waals surface area contributed by atoms with Gasteiger partial charge < -0.3 is 5.32 Å². The second kappa shape index (κ2) is 6.09. The summed E-state index contributed by atoms with van der Waals surface area (Å²) in [6.07, 6.45) is 0. The molecule has 18 heavy (non-hydrogen) atoms. The Morgan fingerprint density at radius 3 is 2.33 bits per heavy atom. The van der Waals surface area contributed by atoms with Gasteiger partial charge >= 0.3 is 0 Å². The quantitative estimate of drug-likeness (QED) is 0.675. The van der Waals surface area contributed by atoms with Crippen molar-refractivity contribution in [3.8, 4) is 0 Å². The lowest BCUT2D eigenvalue weighted by atomic mass is 10.1. The molecule has 0 aliphatic heterocycles. The number of benzene rings is 2. The average Bonchev–Trinajstić information content (AvgIpc) is 2.33. The Morgan fingerprint density at radius 1 is 1.06 bits per heavy atom. The van der Waals surface area contributed by atoms with Crippen LogP contribution in [0.3, 0.4) is 0 Å². The lowest BCUT2D eigenvalue weighted by Crippen LogP contribution is -2.06. The maximum Gasteiger partial charge on any atom is 0.0490 e. The maximum absolute atomic E-state index is 5.89. The zero-order valence-electron chi connectivity index (χ0n) is 9.75. The van der Waals surface area contributed by atoms with Gasteiger partial charge in [-0.3, -0.25) is 0 Å². The molecular formula is C14H12Br2ClN. The molecule has 2 rings (SSSR count). The van der Waals surface area contributed by atoms with Gasteiger partial charge in [-0.25, -0.2) is 0 Å². The van der Waals surface area contributed by atoms with Crippen molar-refractivity contribution in [3.63, 3.8) is 0 Å². The van der Waals surface area contributed by atoms with Crippen molar-refractivity contribution < 1.29 is 0 Å². The smallest absolute Gasteiger partial charge is 0.0490 e. The summed E-state index contributed by atoms with van der Waals surface area (Å²) in [5, 5.41) is 4.22. The minimum atomic E-state index is 0.222. The van der Waals surface area contributed by atoms with Gasteiger partial charge in [0.2, 0.25) is 0 Å². The fraction of sp³-hybridized carbons (Fsp3) is 0.143. The van der Waals surface area contributed by atoms with Crippen LogP contribution in [-0.4, -0.2) is 0 Å². The van der Waals surface area contributed by atoms with Crippen molar-refractivity contribution in [2.75, 3.05) is 5.32 Å². The molecule has 1 nitrogen and oxygen atoms in total. The van der Waals surface area contributed by atoms with Crippen molar-refractivity contribution in [2.45, 2.75) is 13.0 Å². The third-order valence-corrected chi connectivity index (χ3v) is 4.07. The Balaban J connectivity index is 2.15. The van der Waals surface area contributed by atoms with Crippen molar-refractivity contribution in [1.82, 2.24) is 0 Å². The van der Waals surface area contributed by atoms with Crippen molar-refractivity contribution >= 4 is 49.1 Å². The molecule has 0 aromatic heterocycles. The predicted molar refractivity (Wildman–Crippen MR) is 85.3 cm³/mol. The summed E-state index contributed by atoms with van der Waals surface area (Å²) in [5.41, 5.74) is 2.27. The molecule has 2 aromatic carbocycles. The molecule has 1 atom stereocenters. The van der Waals surface area contributed by atoms with E-state index in [0.29, 0.717) is 0 Å². The van der Waals surface area contributed by atoms with Crippen molar-refractivity contribution in [2.24, 2.45) is 0 Å². The molecule has 0 amide bonds. The molecule has 4 heteroatoms. The van der Waals surface area contributed by atoms with Crippen LogP contribution in [0.2, 0.25) is 5.02 Å². The SMILES string of the molecule is CC(Nc1ccc(Br)cc1Br)c1ccc(Cl)cc1. The molecule has 94 valence electrons. The zero-order chi connectivity index (χ0) is 13.1. The van der Waals surface area contributed by atoms with Gasteiger partial charge in [0.05, 0.1) is 0 Å².